The van der Waals surface area contributed by atoms with Crippen LogP contribution in [0.4, 0.5) is 14.9 Å². The number of benzene rings is 2. The van der Waals surface area contributed by atoms with Gasteiger partial charge in [-0.3, -0.25) is 14.7 Å². The number of ether oxygens (including phenoxy) is 2. The maximum atomic E-state index is 15.2. The van der Waals surface area contributed by atoms with Gasteiger partial charge in [0.2, 0.25) is 5.91 Å². The first kappa shape index (κ1) is 35.2. The van der Waals surface area contributed by atoms with Crippen molar-refractivity contribution >= 4 is 23.6 Å². The number of carbonyl (C=O) groups excluding carboxylic acids is 3. The average Bonchev–Trinajstić information content (AvgIpc) is 3.78. The Morgan fingerprint density at radius 2 is 1.68 bits per heavy atom. The van der Waals surface area contributed by atoms with E-state index in [1.165, 1.54) is 6.07 Å². The summed E-state index contributed by atoms with van der Waals surface area (Å²) in [6.45, 7) is 12.2. The molecule has 1 saturated carbocycles. The molecule has 50 heavy (non-hydrogen) atoms. The Labute approximate surface area is 293 Å². The number of anilines is 1. The Hall–Kier alpha value is -4.61. The second-order valence-electron chi connectivity index (χ2n) is 15.1. The summed E-state index contributed by atoms with van der Waals surface area (Å²) in [5.41, 5.74) is 1.28. The summed E-state index contributed by atoms with van der Waals surface area (Å²) in [7, 11) is 0. The third-order valence-electron chi connectivity index (χ3n) is 9.56. The molecule has 0 radical (unpaired) electrons. The van der Waals surface area contributed by atoms with E-state index in [1.54, 1.807) is 42.1 Å². The van der Waals surface area contributed by atoms with Gasteiger partial charge in [-0.1, -0.05) is 18.2 Å². The molecular weight excluding hydrogens is 639 g/mol. The molecule has 3 amide bonds. The average molecular weight is 689 g/mol. The van der Waals surface area contributed by atoms with Crippen LogP contribution in [0.25, 0.3) is 11.1 Å². The largest absolute Gasteiger partial charge is 0.478 e. The number of carbonyl (C=O) groups is 3. The van der Waals surface area contributed by atoms with E-state index in [1.807, 2.05) is 56.0 Å². The zero-order valence-electron chi connectivity index (χ0n) is 29.8. The summed E-state index contributed by atoms with van der Waals surface area (Å²) in [6.07, 6.45) is 6.51. The normalized spacial score (nSPS) is 18.5. The van der Waals surface area contributed by atoms with Gasteiger partial charge in [0.1, 0.15) is 17.2 Å². The van der Waals surface area contributed by atoms with Crippen LogP contribution in [0.15, 0.2) is 54.9 Å². The molecule has 1 atom stereocenters. The summed E-state index contributed by atoms with van der Waals surface area (Å²) in [5.74, 6) is -0.0478. The van der Waals surface area contributed by atoms with Gasteiger partial charge in [-0.05, 0) is 84.1 Å². The van der Waals surface area contributed by atoms with E-state index >= 15 is 4.39 Å². The fraction of sp³-hybridized carbons (Fsp3) is 0.526. The Balaban J connectivity index is 1.06. The van der Waals surface area contributed by atoms with Gasteiger partial charge in [0.25, 0.3) is 5.91 Å². The molecule has 1 N–H and O–H groups in total. The minimum Gasteiger partial charge on any atom is -0.478 e. The van der Waals surface area contributed by atoms with Crippen LogP contribution in [-0.2, 0) is 20.9 Å². The van der Waals surface area contributed by atoms with Gasteiger partial charge in [-0.15, -0.1) is 0 Å². The number of aromatic nitrogens is 2. The molecule has 12 heteroatoms. The Morgan fingerprint density at radius 1 is 0.940 bits per heavy atom. The molecule has 3 aliphatic rings. The Morgan fingerprint density at radius 3 is 2.34 bits per heavy atom. The minimum atomic E-state index is -1.14. The maximum Gasteiger partial charge on any atom is 0.410 e. The first-order valence-corrected chi connectivity index (χ1v) is 17.7. The lowest BCUT2D eigenvalue weighted by Crippen LogP contribution is -2.57. The molecule has 2 aliphatic heterocycles. The van der Waals surface area contributed by atoms with Crippen LogP contribution < -0.4 is 9.64 Å². The number of rotatable bonds is 9. The SMILES string of the molecule is CC(C)(C)OC(=O)N1CCN(C(=O)C(C)(C)Oc2cccc(N3CCC[C@@H](C(=O)N(Cc4ccc(-c5cn[nH]c5)cc4F)C4CC4)C3)c2)CC1. The predicted molar refractivity (Wildman–Crippen MR) is 188 cm³/mol. The van der Waals surface area contributed by atoms with Gasteiger partial charge >= 0.3 is 6.09 Å². The standard InChI is InChI=1S/C38H49FN6O5/c1-37(2,3)50-36(48)43-18-16-42(17-19-43)35(47)38(4,5)49-32-10-6-9-31(21-32)44-15-7-8-28(24-44)34(46)45(30-13-14-30)25-27-12-11-26(20-33(27)39)29-22-40-41-23-29/h6,9-12,20-23,28,30H,7-8,13-19,24-25H2,1-5H3,(H,40,41)/t28-/m1/s1. The quantitative estimate of drug-likeness (QED) is 0.300. The molecule has 268 valence electrons. The van der Waals surface area contributed by atoms with Crippen molar-refractivity contribution in [2.24, 2.45) is 5.92 Å². The fourth-order valence-corrected chi connectivity index (χ4v) is 6.75. The lowest BCUT2D eigenvalue weighted by molar-refractivity contribution is -0.147. The summed E-state index contributed by atoms with van der Waals surface area (Å²) in [6, 6.07) is 13.0. The third-order valence-corrected chi connectivity index (χ3v) is 9.56. The molecule has 0 unspecified atom stereocenters. The number of nitrogens with one attached hydrogen (secondary N) is 1. The third kappa shape index (κ3) is 8.39. The number of hydrogen-bond donors (Lipinski definition) is 1. The second-order valence-corrected chi connectivity index (χ2v) is 15.1. The topological polar surface area (TPSA) is 111 Å². The van der Waals surface area contributed by atoms with E-state index in [0.717, 1.165) is 49.0 Å². The number of hydrogen-bond acceptors (Lipinski definition) is 7. The second kappa shape index (κ2) is 14.3. The lowest BCUT2D eigenvalue weighted by atomic mass is 9.95. The molecule has 11 nitrogen and oxygen atoms in total. The van der Waals surface area contributed by atoms with Crippen molar-refractivity contribution in [2.45, 2.75) is 84.1 Å². The number of H-pyrrole nitrogens is 1. The van der Waals surface area contributed by atoms with Crippen molar-refractivity contribution in [3.8, 4) is 16.9 Å². The molecule has 0 bridgehead atoms. The van der Waals surface area contributed by atoms with Crippen molar-refractivity contribution in [3.05, 3.63) is 66.2 Å². The number of piperazine rings is 1. The first-order valence-electron chi connectivity index (χ1n) is 17.7. The number of halogens is 1. The van der Waals surface area contributed by atoms with Crippen molar-refractivity contribution in [1.82, 2.24) is 24.9 Å². The van der Waals surface area contributed by atoms with Crippen molar-refractivity contribution in [1.29, 1.82) is 0 Å². The van der Waals surface area contributed by atoms with Gasteiger partial charge in [0.15, 0.2) is 5.60 Å². The number of aromatic amines is 1. The van der Waals surface area contributed by atoms with Gasteiger partial charge < -0.3 is 29.1 Å². The Bertz CT molecular complexity index is 1680. The van der Waals surface area contributed by atoms with E-state index in [4.69, 9.17) is 9.47 Å². The molecule has 6 rings (SSSR count). The van der Waals surface area contributed by atoms with Crippen LogP contribution in [0.1, 0.15) is 65.9 Å². The van der Waals surface area contributed by atoms with Crippen molar-refractivity contribution < 1.29 is 28.2 Å². The van der Waals surface area contributed by atoms with Crippen molar-refractivity contribution in [3.63, 3.8) is 0 Å². The summed E-state index contributed by atoms with van der Waals surface area (Å²) in [4.78, 5) is 47.5. The highest BCUT2D eigenvalue weighted by molar-refractivity contribution is 5.85. The van der Waals surface area contributed by atoms with Crippen molar-refractivity contribution in [2.75, 3.05) is 44.2 Å². The monoisotopic (exact) mass is 688 g/mol. The molecule has 2 aromatic carbocycles. The summed E-state index contributed by atoms with van der Waals surface area (Å²) < 4.78 is 27.0. The summed E-state index contributed by atoms with van der Waals surface area (Å²) in [5, 5.41) is 6.71. The number of piperidine rings is 1. The highest BCUT2D eigenvalue weighted by Crippen LogP contribution is 2.34. The fourth-order valence-electron chi connectivity index (χ4n) is 6.75. The van der Waals surface area contributed by atoms with Crippen LogP contribution in [0.2, 0.25) is 0 Å². The smallest absolute Gasteiger partial charge is 0.410 e. The molecule has 3 heterocycles. The zero-order chi connectivity index (χ0) is 35.6. The minimum absolute atomic E-state index is 0.0708. The van der Waals surface area contributed by atoms with E-state index < -0.39 is 11.2 Å². The first-order chi connectivity index (χ1) is 23.8. The molecule has 1 aromatic heterocycles. The molecule has 0 spiro atoms. The number of nitrogens with zero attached hydrogens (tertiary/aromatic N) is 5. The van der Waals surface area contributed by atoms with Crippen LogP contribution in [0, 0.1) is 11.7 Å². The molecule has 3 fully saturated rings. The van der Waals surface area contributed by atoms with E-state index in [2.05, 4.69) is 15.1 Å². The molecular formula is C38H49FN6O5. The zero-order valence-corrected chi connectivity index (χ0v) is 29.8. The predicted octanol–water partition coefficient (Wildman–Crippen LogP) is 5.86. The molecule has 1 aliphatic carbocycles. The van der Waals surface area contributed by atoms with Crippen LogP contribution in [0.3, 0.4) is 0 Å². The van der Waals surface area contributed by atoms with Crippen LogP contribution >= 0.6 is 0 Å². The van der Waals surface area contributed by atoms with E-state index in [-0.39, 0.29) is 42.2 Å². The highest BCUT2D eigenvalue weighted by atomic mass is 19.1. The van der Waals surface area contributed by atoms with Gasteiger partial charge in [-0.2, -0.15) is 5.10 Å². The van der Waals surface area contributed by atoms with Crippen LogP contribution in [0.5, 0.6) is 5.75 Å². The maximum absolute atomic E-state index is 15.2. The van der Waals surface area contributed by atoms with E-state index in [0.29, 0.717) is 44.0 Å². The molecule has 2 saturated heterocycles. The highest BCUT2D eigenvalue weighted by Gasteiger charge is 2.39. The van der Waals surface area contributed by atoms with Gasteiger partial charge in [0.05, 0.1) is 12.1 Å². The summed E-state index contributed by atoms with van der Waals surface area (Å²) >= 11 is 0. The Kier molecular flexibility index (Phi) is 10.1. The van der Waals surface area contributed by atoms with Gasteiger partial charge in [-0.25, -0.2) is 9.18 Å². The number of amides is 3. The van der Waals surface area contributed by atoms with E-state index in [9.17, 15) is 14.4 Å². The van der Waals surface area contributed by atoms with Crippen LogP contribution in [-0.4, -0.2) is 99.3 Å². The van der Waals surface area contributed by atoms with Gasteiger partial charge in [0, 0.05) is 80.9 Å². The lowest BCUT2D eigenvalue weighted by Gasteiger charge is -2.39. The molecule has 3 aromatic rings.